The predicted octanol–water partition coefficient (Wildman–Crippen LogP) is -0.278. The molecule has 0 saturated carbocycles. The van der Waals surface area contributed by atoms with Gasteiger partial charge >= 0.3 is 26.2 Å². The number of ether oxygens (including phenoxy) is 1. The summed E-state index contributed by atoms with van der Waals surface area (Å²) in [7, 11) is -1.50. The fourth-order valence-electron chi connectivity index (χ4n) is 2.41. The molecule has 0 unspecified atom stereocenters. The van der Waals surface area contributed by atoms with Gasteiger partial charge in [-0.25, -0.2) is 6.08 Å². The third-order valence-corrected chi connectivity index (χ3v) is 4.07. The number of aryl methyl sites for hydroxylation is 1. The van der Waals surface area contributed by atoms with Gasteiger partial charge in [0.05, 0.1) is 6.61 Å². The summed E-state index contributed by atoms with van der Waals surface area (Å²) in [6.07, 6.45) is 5.97. The van der Waals surface area contributed by atoms with Crippen LogP contribution in [0.15, 0.2) is 54.0 Å². The first-order chi connectivity index (χ1) is 10.9. The normalized spacial score (nSPS) is 12.3. The fraction of sp³-hybridized carbons (Fsp3) is 0.350. The number of hydrogen-bond acceptors (Lipinski definition) is 2. The van der Waals surface area contributed by atoms with E-state index in [1.165, 1.54) is 16.3 Å². The standard InChI is InChI=1S/C10H17O2Si.C10H9.2ClH.Zr/c1-5-11-9-7-6-8-10(9)12-13(2,3)4;1-8-6-9-4-2-3-5-10(9)7-8;;;/h8H,5-6H2,1-4H3;2-7H,1H3;2*1H;/q2*-1;;;+4/p-2. The van der Waals surface area contributed by atoms with Gasteiger partial charge in [0.1, 0.15) is 0 Å². The topological polar surface area (TPSA) is 18.5 Å². The van der Waals surface area contributed by atoms with Crippen LogP contribution in [0.3, 0.4) is 0 Å². The maximum absolute atomic E-state index is 5.84. The van der Waals surface area contributed by atoms with E-state index in [9.17, 15) is 0 Å². The molecule has 140 valence electrons. The van der Waals surface area contributed by atoms with Crippen LogP contribution in [0.1, 0.15) is 18.9 Å². The van der Waals surface area contributed by atoms with E-state index in [0.717, 1.165) is 17.9 Å². The predicted molar refractivity (Wildman–Crippen MR) is 99.8 cm³/mol. The molecule has 0 amide bonds. The first-order valence-corrected chi connectivity index (χ1v) is 11.5. The summed E-state index contributed by atoms with van der Waals surface area (Å²) in [5.74, 6) is 1.69. The first kappa shape index (κ1) is 27.8. The first-order valence-electron chi connectivity index (χ1n) is 8.14. The third kappa shape index (κ3) is 8.99. The summed E-state index contributed by atoms with van der Waals surface area (Å²) in [6, 6.07) is 12.8. The molecule has 0 radical (unpaired) electrons. The van der Waals surface area contributed by atoms with Crippen molar-refractivity contribution < 1.29 is 60.2 Å². The maximum atomic E-state index is 5.84. The molecule has 1 aliphatic rings. The van der Waals surface area contributed by atoms with Crippen molar-refractivity contribution in [2.24, 2.45) is 0 Å². The van der Waals surface area contributed by atoms with Gasteiger partial charge in [-0.05, 0) is 38.1 Å². The Hall–Kier alpha value is -0.410. The summed E-state index contributed by atoms with van der Waals surface area (Å²) < 4.78 is 11.2. The summed E-state index contributed by atoms with van der Waals surface area (Å²) in [6.45, 7) is 11.3. The van der Waals surface area contributed by atoms with Crippen LogP contribution in [0, 0.1) is 13.0 Å². The number of fused-ring (bicyclic) bond motifs is 1. The van der Waals surface area contributed by atoms with Crippen molar-refractivity contribution >= 4 is 19.1 Å². The van der Waals surface area contributed by atoms with Crippen LogP contribution in [-0.2, 0) is 35.4 Å². The second-order valence-electron chi connectivity index (χ2n) is 6.59. The monoisotopic (exact) mass is 486 g/mol. The Morgan fingerprint density at radius 1 is 1.15 bits per heavy atom. The summed E-state index contributed by atoms with van der Waals surface area (Å²) in [5.41, 5.74) is 1.35. The Morgan fingerprint density at radius 3 is 2.38 bits per heavy atom. The molecule has 0 saturated heterocycles. The molecule has 1 aliphatic carbocycles. The second kappa shape index (κ2) is 12.9. The van der Waals surface area contributed by atoms with Crippen molar-refractivity contribution in [3.8, 4) is 0 Å². The van der Waals surface area contributed by atoms with Gasteiger partial charge in [-0.3, -0.25) is 0 Å². The van der Waals surface area contributed by atoms with Gasteiger partial charge in [-0.2, -0.15) is 6.07 Å². The van der Waals surface area contributed by atoms with Crippen molar-refractivity contribution in [2.45, 2.75) is 39.9 Å². The van der Waals surface area contributed by atoms with Gasteiger partial charge in [-0.1, -0.05) is 13.0 Å². The van der Waals surface area contributed by atoms with Crippen molar-refractivity contribution in [1.29, 1.82) is 0 Å². The average Bonchev–Trinajstić information content (AvgIpc) is 3.04. The van der Waals surface area contributed by atoms with Crippen molar-refractivity contribution in [3.05, 3.63) is 65.6 Å². The van der Waals surface area contributed by atoms with Crippen LogP contribution in [0.25, 0.3) is 10.8 Å². The molecule has 2 aromatic carbocycles. The number of halogens is 2. The maximum Gasteiger partial charge on any atom is 4.00 e. The van der Waals surface area contributed by atoms with E-state index < -0.39 is 8.32 Å². The Kier molecular flexibility index (Phi) is 13.8. The minimum absolute atomic E-state index is 0. The number of rotatable bonds is 4. The smallest absolute Gasteiger partial charge is 1.00 e. The van der Waals surface area contributed by atoms with Gasteiger partial charge in [-0.15, -0.1) is 53.1 Å². The summed E-state index contributed by atoms with van der Waals surface area (Å²) >= 11 is 0. The third-order valence-electron chi connectivity index (χ3n) is 3.24. The number of benzene rings is 1. The van der Waals surface area contributed by atoms with E-state index in [0.29, 0.717) is 6.61 Å². The van der Waals surface area contributed by atoms with Crippen molar-refractivity contribution in [3.63, 3.8) is 0 Å². The number of allylic oxidation sites excluding steroid dienone is 2. The minimum atomic E-state index is -1.50. The zero-order chi connectivity index (χ0) is 16.9. The molecular formula is C20H26Cl2O2SiZr. The van der Waals surface area contributed by atoms with Gasteiger partial charge in [0, 0.05) is 0 Å². The zero-order valence-electron chi connectivity index (χ0n) is 16.0. The molecule has 2 nitrogen and oxygen atoms in total. The van der Waals surface area contributed by atoms with E-state index in [2.05, 4.69) is 69.0 Å². The summed E-state index contributed by atoms with van der Waals surface area (Å²) in [5, 5.41) is 2.69. The second-order valence-corrected chi connectivity index (χ2v) is 11.0. The molecule has 6 heteroatoms. The SMILES string of the molecule is CCOC1=[C-]CC=C1O[Si](C)(C)C.Cc1cc2ccccc2[cH-]1.[Cl-].[Cl-].[Zr+4]. The van der Waals surface area contributed by atoms with E-state index in [1.54, 1.807) is 0 Å². The van der Waals surface area contributed by atoms with E-state index in [-0.39, 0.29) is 51.0 Å². The quantitative estimate of drug-likeness (QED) is 0.436. The largest absolute Gasteiger partial charge is 4.00 e. The molecule has 3 rings (SSSR count). The van der Waals surface area contributed by atoms with Crippen LogP contribution in [0.2, 0.25) is 19.6 Å². The molecule has 0 aliphatic heterocycles. The Balaban J connectivity index is 0. The molecular weight excluding hydrogens is 462 g/mol. The molecule has 0 bridgehead atoms. The van der Waals surface area contributed by atoms with Crippen LogP contribution in [0.4, 0.5) is 0 Å². The average molecular weight is 489 g/mol. The molecule has 0 heterocycles. The molecule has 0 atom stereocenters. The van der Waals surface area contributed by atoms with E-state index in [4.69, 9.17) is 9.16 Å². The fourth-order valence-corrected chi connectivity index (χ4v) is 3.24. The van der Waals surface area contributed by atoms with Crippen LogP contribution in [0.5, 0.6) is 0 Å². The van der Waals surface area contributed by atoms with Crippen LogP contribution >= 0.6 is 0 Å². The Morgan fingerprint density at radius 2 is 1.81 bits per heavy atom. The molecule has 0 spiro atoms. The molecule has 26 heavy (non-hydrogen) atoms. The van der Waals surface area contributed by atoms with Crippen LogP contribution < -0.4 is 24.8 Å². The molecule has 0 fully saturated rings. The Labute approximate surface area is 190 Å². The summed E-state index contributed by atoms with van der Waals surface area (Å²) in [4.78, 5) is 0. The van der Waals surface area contributed by atoms with Crippen molar-refractivity contribution in [2.75, 3.05) is 6.61 Å². The molecule has 0 N–H and O–H groups in total. The zero-order valence-corrected chi connectivity index (χ0v) is 21.0. The van der Waals surface area contributed by atoms with Crippen LogP contribution in [-0.4, -0.2) is 14.9 Å². The van der Waals surface area contributed by atoms with Crippen molar-refractivity contribution in [1.82, 2.24) is 0 Å². The Bertz CT molecular complexity index is 685. The van der Waals surface area contributed by atoms with Gasteiger partial charge < -0.3 is 34.0 Å². The van der Waals surface area contributed by atoms with E-state index in [1.807, 2.05) is 13.0 Å². The van der Waals surface area contributed by atoms with Gasteiger partial charge in [0.25, 0.3) is 0 Å². The molecule has 2 aromatic rings. The minimum Gasteiger partial charge on any atom is -1.00 e. The molecule has 0 aromatic heterocycles. The number of hydrogen-bond donors (Lipinski definition) is 0. The van der Waals surface area contributed by atoms with Gasteiger partial charge in [0.2, 0.25) is 8.32 Å². The van der Waals surface area contributed by atoms with Gasteiger partial charge in [0.15, 0.2) is 0 Å². The van der Waals surface area contributed by atoms with E-state index >= 15 is 0 Å².